The van der Waals surface area contributed by atoms with E-state index in [2.05, 4.69) is 10.0 Å². The summed E-state index contributed by atoms with van der Waals surface area (Å²) in [5.74, 6) is 0.238. The van der Waals surface area contributed by atoms with E-state index in [4.69, 9.17) is 4.74 Å². The van der Waals surface area contributed by atoms with Gasteiger partial charge in [-0.25, -0.2) is 17.9 Å². The predicted molar refractivity (Wildman–Crippen MR) is 120 cm³/mol. The molecule has 3 amide bonds. The van der Waals surface area contributed by atoms with Crippen molar-refractivity contribution < 1.29 is 27.9 Å². The molecular formula is C22H31N3O6S. The van der Waals surface area contributed by atoms with Crippen molar-refractivity contribution in [1.82, 2.24) is 14.9 Å². The van der Waals surface area contributed by atoms with E-state index in [1.165, 1.54) is 4.90 Å². The lowest BCUT2D eigenvalue weighted by atomic mass is 10.1. The van der Waals surface area contributed by atoms with Crippen molar-refractivity contribution in [3.8, 4) is 5.75 Å². The quantitative estimate of drug-likeness (QED) is 0.427. The number of benzene rings is 1. The van der Waals surface area contributed by atoms with Crippen LogP contribution in [0.25, 0.3) is 0 Å². The standard InChI is InChI=1S/C22H31N3O6S/c1-21(2,28)16-31-18-8-6-7-17(15-18)22(10-11-22)24-32(29,30)14-5-3-4-12-25-13-9-19(26)23-20(25)27/h3-4,6-8,15,24,28H,5,9-14,16H2,1-2H3,(H,23,26,27)/b4-3+. The molecule has 0 atom stereocenters. The Morgan fingerprint density at radius 2 is 2.03 bits per heavy atom. The van der Waals surface area contributed by atoms with Crippen molar-refractivity contribution >= 4 is 22.0 Å². The van der Waals surface area contributed by atoms with Crippen molar-refractivity contribution in [2.45, 2.75) is 50.7 Å². The highest BCUT2D eigenvalue weighted by atomic mass is 32.2. The molecule has 0 aromatic heterocycles. The van der Waals surface area contributed by atoms with Crippen LogP contribution in [-0.4, -0.2) is 61.4 Å². The summed E-state index contributed by atoms with van der Waals surface area (Å²) in [5.41, 5.74) is -0.734. The lowest BCUT2D eigenvalue weighted by Crippen LogP contribution is -2.49. The van der Waals surface area contributed by atoms with Crippen molar-refractivity contribution in [3.63, 3.8) is 0 Å². The molecular weight excluding hydrogens is 434 g/mol. The molecule has 1 heterocycles. The van der Waals surface area contributed by atoms with Gasteiger partial charge in [-0.15, -0.1) is 0 Å². The number of sulfonamides is 1. The van der Waals surface area contributed by atoms with Gasteiger partial charge in [-0.3, -0.25) is 10.1 Å². The first kappa shape index (κ1) is 24.2. The van der Waals surface area contributed by atoms with Crippen LogP contribution in [0.4, 0.5) is 4.79 Å². The van der Waals surface area contributed by atoms with E-state index in [0.717, 1.165) is 5.56 Å². The fraction of sp³-hybridized carbons (Fsp3) is 0.545. The molecule has 176 valence electrons. The van der Waals surface area contributed by atoms with Gasteiger partial charge in [0.25, 0.3) is 0 Å². The van der Waals surface area contributed by atoms with E-state index in [-0.39, 0.29) is 24.7 Å². The minimum Gasteiger partial charge on any atom is -0.491 e. The minimum atomic E-state index is -3.52. The Morgan fingerprint density at radius 3 is 2.69 bits per heavy atom. The number of aliphatic hydroxyl groups is 1. The molecule has 0 bridgehead atoms. The monoisotopic (exact) mass is 465 g/mol. The zero-order chi connectivity index (χ0) is 23.4. The highest BCUT2D eigenvalue weighted by molar-refractivity contribution is 7.89. The van der Waals surface area contributed by atoms with Crippen molar-refractivity contribution in [3.05, 3.63) is 42.0 Å². The first-order valence-electron chi connectivity index (χ1n) is 10.7. The molecule has 0 radical (unpaired) electrons. The van der Waals surface area contributed by atoms with E-state index >= 15 is 0 Å². The van der Waals surface area contributed by atoms with Crippen LogP contribution in [-0.2, 0) is 20.4 Å². The van der Waals surface area contributed by atoms with Gasteiger partial charge in [0, 0.05) is 19.5 Å². The molecule has 1 aromatic carbocycles. The third kappa shape index (κ3) is 7.04. The number of carbonyl (C=O) groups is 2. The number of ether oxygens (including phenoxy) is 1. The minimum absolute atomic E-state index is 0.0647. The van der Waals surface area contributed by atoms with Crippen LogP contribution in [0.15, 0.2) is 36.4 Å². The lowest BCUT2D eigenvalue weighted by Gasteiger charge is -2.25. The Balaban J connectivity index is 1.50. The summed E-state index contributed by atoms with van der Waals surface area (Å²) < 4.78 is 33.7. The van der Waals surface area contributed by atoms with Gasteiger partial charge >= 0.3 is 6.03 Å². The first-order valence-corrected chi connectivity index (χ1v) is 12.3. The van der Waals surface area contributed by atoms with E-state index in [0.29, 0.717) is 38.1 Å². The summed E-state index contributed by atoms with van der Waals surface area (Å²) in [7, 11) is -3.52. The van der Waals surface area contributed by atoms with Crippen LogP contribution in [0.2, 0.25) is 0 Å². The van der Waals surface area contributed by atoms with Gasteiger partial charge in [0.15, 0.2) is 0 Å². The van der Waals surface area contributed by atoms with Gasteiger partial charge in [0.1, 0.15) is 12.4 Å². The number of hydrogen-bond donors (Lipinski definition) is 3. The molecule has 1 saturated carbocycles. The number of imide groups is 1. The predicted octanol–water partition coefficient (Wildman–Crippen LogP) is 1.63. The third-order valence-electron chi connectivity index (χ3n) is 5.27. The number of hydrogen-bond acceptors (Lipinski definition) is 6. The van der Waals surface area contributed by atoms with E-state index in [1.54, 1.807) is 32.1 Å². The number of rotatable bonds is 11. The van der Waals surface area contributed by atoms with Crippen molar-refractivity contribution in [2.24, 2.45) is 0 Å². The molecule has 1 aliphatic carbocycles. The number of nitrogens with zero attached hydrogens (tertiary/aromatic N) is 1. The fourth-order valence-corrected chi connectivity index (χ4v) is 4.85. The average molecular weight is 466 g/mol. The Labute approximate surface area is 188 Å². The van der Waals surface area contributed by atoms with Gasteiger partial charge in [0.05, 0.1) is 16.9 Å². The molecule has 2 fully saturated rings. The second-order valence-electron chi connectivity index (χ2n) is 8.94. The first-order chi connectivity index (χ1) is 15.0. The average Bonchev–Trinajstić information content (AvgIpc) is 3.47. The summed E-state index contributed by atoms with van der Waals surface area (Å²) in [6.07, 6.45) is 5.47. The normalized spacial score (nSPS) is 18.7. The van der Waals surface area contributed by atoms with Crippen LogP contribution >= 0.6 is 0 Å². The molecule has 10 heteroatoms. The molecule has 3 N–H and O–H groups in total. The molecule has 1 saturated heterocycles. The molecule has 0 spiro atoms. The maximum absolute atomic E-state index is 12.6. The van der Waals surface area contributed by atoms with Crippen LogP contribution in [0, 0.1) is 0 Å². The maximum atomic E-state index is 12.6. The van der Waals surface area contributed by atoms with Gasteiger partial charge in [-0.1, -0.05) is 24.3 Å². The largest absolute Gasteiger partial charge is 0.491 e. The van der Waals surface area contributed by atoms with Crippen molar-refractivity contribution in [1.29, 1.82) is 0 Å². The van der Waals surface area contributed by atoms with Gasteiger partial charge in [-0.05, 0) is 50.8 Å². The Hall–Kier alpha value is -2.43. The second kappa shape index (κ2) is 9.60. The van der Waals surface area contributed by atoms with Crippen LogP contribution < -0.4 is 14.8 Å². The summed E-state index contributed by atoms with van der Waals surface area (Å²) in [6.45, 7) is 4.13. The summed E-state index contributed by atoms with van der Waals surface area (Å²) >= 11 is 0. The number of amides is 3. The fourth-order valence-electron chi connectivity index (χ4n) is 3.38. The molecule has 9 nitrogen and oxygen atoms in total. The zero-order valence-corrected chi connectivity index (χ0v) is 19.3. The van der Waals surface area contributed by atoms with E-state index < -0.39 is 27.2 Å². The van der Waals surface area contributed by atoms with Gasteiger partial charge in [0.2, 0.25) is 15.9 Å². The SMILES string of the molecule is CC(C)(O)COc1cccc(C2(NS(=O)(=O)CC/C=C/CN3CCC(=O)NC3=O)CC2)c1. The molecule has 2 aliphatic rings. The third-order valence-corrected chi connectivity index (χ3v) is 6.74. The Morgan fingerprint density at radius 1 is 1.28 bits per heavy atom. The molecule has 32 heavy (non-hydrogen) atoms. The molecule has 0 unspecified atom stereocenters. The molecule has 1 aromatic rings. The smallest absolute Gasteiger partial charge is 0.324 e. The van der Waals surface area contributed by atoms with Crippen LogP contribution in [0.3, 0.4) is 0 Å². The number of nitrogens with one attached hydrogen (secondary N) is 2. The number of allylic oxidation sites excluding steroid dienone is 1. The Kier molecular flexibility index (Phi) is 7.26. The summed E-state index contributed by atoms with van der Waals surface area (Å²) in [5, 5.41) is 12.1. The second-order valence-corrected chi connectivity index (χ2v) is 10.8. The van der Waals surface area contributed by atoms with Crippen LogP contribution in [0.5, 0.6) is 5.75 Å². The molecule has 1 aliphatic heterocycles. The van der Waals surface area contributed by atoms with E-state index in [1.807, 2.05) is 18.2 Å². The van der Waals surface area contributed by atoms with Crippen molar-refractivity contribution in [2.75, 3.05) is 25.4 Å². The highest BCUT2D eigenvalue weighted by Crippen LogP contribution is 2.46. The summed E-state index contributed by atoms with van der Waals surface area (Å²) in [4.78, 5) is 24.3. The van der Waals surface area contributed by atoms with E-state index in [9.17, 15) is 23.1 Å². The topological polar surface area (TPSA) is 125 Å². The Bertz CT molecular complexity index is 980. The molecule has 3 rings (SSSR count). The highest BCUT2D eigenvalue weighted by Gasteiger charge is 2.47. The maximum Gasteiger partial charge on any atom is 0.324 e. The summed E-state index contributed by atoms with van der Waals surface area (Å²) in [6, 6.07) is 6.86. The number of carbonyl (C=O) groups excluding carboxylic acids is 2. The van der Waals surface area contributed by atoms with Gasteiger partial charge < -0.3 is 14.7 Å². The lowest BCUT2D eigenvalue weighted by molar-refractivity contribution is -0.121. The number of urea groups is 1. The van der Waals surface area contributed by atoms with Crippen LogP contribution in [0.1, 0.15) is 45.1 Å². The van der Waals surface area contributed by atoms with Gasteiger partial charge in [-0.2, -0.15) is 0 Å². The zero-order valence-electron chi connectivity index (χ0n) is 18.5.